The molecule has 2 fully saturated rings. The highest BCUT2D eigenvalue weighted by Crippen LogP contribution is 2.63. The van der Waals surface area contributed by atoms with Gasteiger partial charge in [0.1, 0.15) is 11.4 Å². The summed E-state index contributed by atoms with van der Waals surface area (Å²) in [4.78, 5) is 69.8. The van der Waals surface area contributed by atoms with Crippen molar-refractivity contribution < 1.29 is 24.2 Å². The lowest BCUT2D eigenvalue weighted by atomic mass is 9.64. The lowest BCUT2D eigenvalue weighted by Gasteiger charge is -2.49. The van der Waals surface area contributed by atoms with Crippen molar-refractivity contribution in [1.29, 1.82) is 0 Å². The molecule has 250 valence electrons. The summed E-state index contributed by atoms with van der Waals surface area (Å²) in [7, 11) is 5.86. The monoisotopic (exact) mass is 696 g/mol. The molecule has 2 aromatic carbocycles. The maximum atomic E-state index is 14.1. The van der Waals surface area contributed by atoms with Crippen molar-refractivity contribution in [2.75, 3.05) is 21.3 Å². The predicted octanol–water partition coefficient (Wildman–Crippen LogP) is 1.65. The van der Waals surface area contributed by atoms with E-state index in [0.29, 0.717) is 33.7 Å². The summed E-state index contributed by atoms with van der Waals surface area (Å²) in [5.41, 5.74) is 0.414. The number of aryl methyl sites for hydroxylation is 2. The molecule has 0 spiro atoms. The first-order valence-corrected chi connectivity index (χ1v) is 15.8. The minimum Gasteiger partial charge on any atom is -0.508 e. The van der Waals surface area contributed by atoms with Gasteiger partial charge in [0.2, 0.25) is 0 Å². The van der Waals surface area contributed by atoms with E-state index >= 15 is 0 Å². The number of fused-ring (bicyclic) bond motifs is 5. The Morgan fingerprint density at radius 3 is 2.29 bits per heavy atom. The van der Waals surface area contributed by atoms with Gasteiger partial charge in [-0.15, -0.1) is 23.2 Å². The maximum Gasteiger partial charge on any atom is 0.347 e. The quantitative estimate of drug-likeness (QED) is 0.180. The van der Waals surface area contributed by atoms with E-state index in [-0.39, 0.29) is 37.4 Å². The predicted molar refractivity (Wildman–Crippen MR) is 174 cm³/mol. The first-order chi connectivity index (χ1) is 22.8. The number of ether oxygens (including phenoxy) is 2. The standard InChI is InChI=1S/C32H30Cl2N6O8/c1-36-21-14-24(48-4)23(47-3)13-20(21)35-19(26(36)42)10-11-38-29(45)39-12-9-18-22(40(39)30(38)46)15-31(33)27(43)37(2)28(44)32(31,34)25(18)16-5-7-17(41)8-6-16/h5-9,13-14,22,25,41H,10-12,15H2,1-4H3. The first-order valence-electron chi connectivity index (χ1n) is 15.0. The highest BCUT2D eigenvalue weighted by Gasteiger charge is 2.74. The maximum absolute atomic E-state index is 14.1. The molecule has 48 heavy (non-hydrogen) atoms. The van der Waals surface area contributed by atoms with Gasteiger partial charge in [-0.1, -0.05) is 18.2 Å². The molecule has 7 rings (SSSR count). The van der Waals surface area contributed by atoms with Gasteiger partial charge in [0.25, 0.3) is 17.4 Å². The number of carbonyl (C=O) groups excluding carboxylic acids is 2. The highest BCUT2D eigenvalue weighted by molar-refractivity contribution is 6.53. The van der Waals surface area contributed by atoms with Crippen molar-refractivity contribution in [2.45, 2.75) is 47.6 Å². The molecule has 16 heteroatoms. The summed E-state index contributed by atoms with van der Waals surface area (Å²) >= 11 is 14.3. The van der Waals surface area contributed by atoms with E-state index in [1.807, 2.05) is 0 Å². The SMILES string of the molecule is COc1cc2nc(CCn3c(=O)n4n(c3=O)C3CC5(Cl)C(=O)N(C)C(=O)C5(Cl)C(c5ccc(O)cc5)C3=CC4)c(=O)n(C)c2cc1OC. The third-order valence-electron chi connectivity index (χ3n) is 9.81. The van der Waals surface area contributed by atoms with Crippen LogP contribution in [-0.2, 0) is 36.1 Å². The summed E-state index contributed by atoms with van der Waals surface area (Å²) in [6, 6.07) is 8.39. The van der Waals surface area contributed by atoms with E-state index in [9.17, 15) is 29.1 Å². The average Bonchev–Trinajstić information content (AvgIpc) is 3.39. The van der Waals surface area contributed by atoms with Crippen molar-refractivity contribution in [3.8, 4) is 17.2 Å². The molecule has 2 amide bonds. The number of amides is 2. The van der Waals surface area contributed by atoms with Gasteiger partial charge in [-0.05, 0) is 23.3 Å². The molecule has 1 saturated heterocycles. The van der Waals surface area contributed by atoms with Crippen molar-refractivity contribution in [3.63, 3.8) is 0 Å². The number of nitrogens with zero attached hydrogens (tertiary/aromatic N) is 6. The molecule has 4 unspecified atom stereocenters. The average molecular weight is 698 g/mol. The van der Waals surface area contributed by atoms with Crippen LogP contribution >= 0.6 is 23.2 Å². The molecular formula is C32H30Cl2N6O8. The topological polar surface area (TPSA) is 160 Å². The Kier molecular flexibility index (Phi) is 7.18. The fraction of sp³-hybridized carbons (Fsp3) is 0.375. The van der Waals surface area contributed by atoms with E-state index in [0.717, 1.165) is 9.47 Å². The van der Waals surface area contributed by atoms with Crippen LogP contribution in [0.2, 0.25) is 0 Å². The zero-order valence-electron chi connectivity index (χ0n) is 26.3. The van der Waals surface area contributed by atoms with Crippen molar-refractivity contribution in [3.05, 3.63) is 90.6 Å². The number of alkyl halides is 2. The number of methoxy groups -OCH3 is 2. The van der Waals surface area contributed by atoms with Crippen LogP contribution < -0.4 is 26.4 Å². The molecule has 4 aromatic rings. The van der Waals surface area contributed by atoms with Crippen LogP contribution in [0, 0.1) is 0 Å². The summed E-state index contributed by atoms with van der Waals surface area (Å²) in [6.07, 6.45) is 1.44. The summed E-state index contributed by atoms with van der Waals surface area (Å²) in [6.45, 7) is -0.194. The van der Waals surface area contributed by atoms with Crippen LogP contribution in [0.4, 0.5) is 0 Å². The number of hydrogen-bond acceptors (Lipinski definition) is 9. The number of hydrogen-bond donors (Lipinski definition) is 1. The van der Waals surface area contributed by atoms with Gasteiger partial charge in [-0.3, -0.25) is 19.3 Å². The van der Waals surface area contributed by atoms with Crippen molar-refractivity contribution in [2.24, 2.45) is 7.05 Å². The number of halogens is 2. The number of aromatic hydroxyl groups is 1. The van der Waals surface area contributed by atoms with Crippen LogP contribution in [0.5, 0.6) is 17.2 Å². The normalized spacial score (nSPS) is 24.7. The molecule has 2 aromatic heterocycles. The first kappa shape index (κ1) is 31.8. The van der Waals surface area contributed by atoms with Gasteiger partial charge < -0.3 is 19.1 Å². The number of rotatable bonds is 6. The lowest BCUT2D eigenvalue weighted by molar-refractivity contribution is -0.137. The number of phenolic OH excluding ortho intramolecular Hbond substituents is 1. The molecule has 3 aliphatic rings. The highest BCUT2D eigenvalue weighted by atomic mass is 35.5. The van der Waals surface area contributed by atoms with Gasteiger partial charge in [0.05, 0.1) is 37.8 Å². The zero-order chi connectivity index (χ0) is 34.4. The smallest absolute Gasteiger partial charge is 0.347 e. The summed E-state index contributed by atoms with van der Waals surface area (Å²) in [5.74, 6) is -1.55. The second-order valence-electron chi connectivity index (χ2n) is 12.1. The van der Waals surface area contributed by atoms with Crippen LogP contribution in [0.3, 0.4) is 0 Å². The minimum atomic E-state index is -1.96. The number of imide groups is 1. The molecule has 4 atom stereocenters. The van der Waals surface area contributed by atoms with Gasteiger partial charge in [0, 0.05) is 51.5 Å². The molecule has 14 nitrogen and oxygen atoms in total. The fourth-order valence-corrected chi connectivity index (χ4v) is 8.38. The molecule has 1 aliphatic carbocycles. The van der Waals surface area contributed by atoms with Crippen LogP contribution in [-0.4, -0.2) is 76.3 Å². The summed E-state index contributed by atoms with van der Waals surface area (Å²) in [5, 5.41) is 9.96. The third-order valence-corrected chi connectivity index (χ3v) is 11.2. The Balaban J connectivity index is 1.30. The van der Waals surface area contributed by atoms with E-state index in [1.54, 1.807) is 37.4 Å². The molecule has 1 N–H and O–H groups in total. The van der Waals surface area contributed by atoms with Crippen molar-refractivity contribution in [1.82, 2.24) is 28.4 Å². The molecule has 1 saturated carbocycles. The number of benzene rings is 2. The second kappa shape index (κ2) is 10.9. The van der Waals surface area contributed by atoms with Crippen LogP contribution in [0.1, 0.15) is 29.6 Å². The largest absolute Gasteiger partial charge is 0.508 e. The Hall–Kier alpha value is -4.82. The van der Waals surface area contributed by atoms with Crippen LogP contribution in [0.25, 0.3) is 11.0 Å². The molecule has 0 radical (unpaired) electrons. The number of allylic oxidation sites excluding steroid dienone is 2. The number of carbonyl (C=O) groups is 2. The Morgan fingerprint density at radius 2 is 1.62 bits per heavy atom. The number of likely N-dealkylation sites (tertiary alicyclic amines) is 1. The van der Waals surface area contributed by atoms with E-state index in [1.165, 1.54) is 47.3 Å². The van der Waals surface area contributed by atoms with E-state index in [4.69, 9.17) is 32.7 Å². The Bertz CT molecular complexity index is 2270. The molecule has 0 bridgehead atoms. The second-order valence-corrected chi connectivity index (χ2v) is 13.4. The summed E-state index contributed by atoms with van der Waals surface area (Å²) < 4.78 is 15.7. The molecule has 2 aliphatic heterocycles. The van der Waals surface area contributed by atoms with E-state index < -0.39 is 50.5 Å². The zero-order valence-corrected chi connectivity index (χ0v) is 27.8. The third kappa shape index (κ3) is 4.11. The van der Waals surface area contributed by atoms with E-state index in [2.05, 4.69) is 4.98 Å². The number of phenols is 1. The fourth-order valence-electron chi connectivity index (χ4n) is 7.38. The molecular weight excluding hydrogens is 667 g/mol. The molecule has 4 heterocycles. The Morgan fingerprint density at radius 1 is 0.958 bits per heavy atom. The minimum absolute atomic E-state index is 0.0211. The number of aromatic nitrogens is 5. The van der Waals surface area contributed by atoms with Gasteiger partial charge >= 0.3 is 11.4 Å². The van der Waals surface area contributed by atoms with Gasteiger partial charge in [0.15, 0.2) is 21.2 Å². The Labute approximate surface area is 281 Å². The van der Waals surface area contributed by atoms with Crippen molar-refractivity contribution >= 4 is 46.0 Å². The van der Waals surface area contributed by atoms with Crippen LogP contribution in [0.15, 0.2) is 62.4 Å². The van der Waals surface area contributed by atoms with Gasteiger partial charge in [-0.25, -0.2) is 28.5 Å². The van der Waals surface area contributed by atoms with Gasteiger partial charge in [-0.2, -0.15) is 0 Å². The lowest BCUT2D eigenvalue weighted by Crippen LogP contribution is -2.59.